The first-order chi connectivity index (χ1) is 13.8. The first-order valence-electron chi connectivity index (χ1n) is 10.4. The molecule has 3 heterocycles. The van der Waals surface area contributed by atoms with E-state index in [0.29, 0.717) is 0 Å². The van der Waals surface area contributed by atoms with Gasteiger partial charge in [-0.3, -0.25) is 9.98 Å². The zero-order valence-corrected chi connectivity index (χ0v) is 17.2. The predicted octanol–water partition coefficient (Wildman–Crippen LogP) is 3.42. The second kappa shape index (κ2) is 10.7. The molecule has 28 heavy (non-hydrogen) atoms. The average molecular weight is 384 g/mol. The van der Waals surface area contributed by atoms with Gasteiger partial charge >= 0.3 is 0 Å². The lowest BCUT2D eigenvalue weighted by molar-refractivity contribution is 0.339. The Morgan fingerprint density at radius 2 is 2.07 bits per heavy atom. The van der Waals surface area contributed by atoms with Gasteiger partial charge in [0, 0.05) is 64.3 Å². The first-order valence-corrected chi connectivity index (χ1v) is 10.4. The van der Waals surface area contributed by atoms with Gasteiger partial charge in [0.05, 0.1) is 6.26 Å². The van der Waals surface area contributed by atoms with Crippen LogP contribution in [0.3, 0.4) is 0 Å². The van der Waals surface area contributed by atoms with Crippen LogP contribution in [0.5, 0.6) is 0 Å². The van der Waals surface area contributed by atoms with E-state index in [-0.39, 0.29) is 0 Å². The van der Waals surface area contributed by atoms with Crippen LogP contribution in [-0.4, -0.2) is 55.6 Å². The average Bonchev–Trinajstić information content (AvgIpc) is 3.26. The monoisotopic (exact) mass is 383 g/mol. The molecule has 2 aromatic heterocycles. The highest BCUT2D eigenvalue weighted by Crippen LogP contribution is 2.24. The van der Waals surface area contributed by atoms with Crippen LogP contribution in [0.2, 0.25) is 0 Å². The van der Waals surface area contributed by atoms with Crippen LogP contribution in [0.15, 0.2) is 52.3 Å². The van der Waals surface area contributed by atoms with Gasteiger partial charge in [0.2, 0.25) is 0 Å². The minimum atomic E-state index is 0.741. The summed E-state index contributed by atoms with van der Waals surface area (Å²) in [5.74, 6) is 2.76. The molecule has 1 saturated heterocycles. The van der Waals surface area contributed by atoms with Gasteiger partial charge in [0.1, 0.15) is 5.76 Å². The number of aromatic nitrogens is 1. The lowest BCUT2D eigenvalue weighted by Crippen LogP contribution is -2.41. The van der Waals surface area contributed by atoms with Crippen molar-refractivity contribution in [2.24, 2.45) is 10.9 Å². The largest absolute Gasteiger partial charge is 0.469 e. The first kappa shape index (κ1) is 20.2. The van der Waals surface area contributed by atoms with Crippen molar-refractivity contribution in [2.45, 2.75) is 32.6 Å². The normalized spacial score (nSPS) is 15.6. The van der Waals surface area contributed by atoms with Gasteiger partial charge in [-0.25, -0.2) is 0 Å². The fraction of sp³-hybridized carbons (Fsp3) is 0.545. The van der Waals surface area contributed by atoms with Gasteiger partial charge in [0.15, 0.2) is 5.96 Å². The molecule has 0 aliphatic carbocycles. The number of anilines is 1. The molecule has 152 valence electrons. The summed E-state index contributed by atoms with van der Waals surface area (Å²) in [6.45, 7) is 7.04. The van der Waals surface area contributed by atoms with Crippen molar-refractivity contribution in [1.82, 2.24) is 15.2 Å². The Morgan fingerprint density at radius 1 is 1.29 bits per heavy atom. The molecule has 3 rings (SSSR count). The van der Waals surface area contributed by atoms with E-state index < -0.39 is 0 Å². The molecule has 0 spiro atoms. The zero-order valence-electron chi connectivity index (χ0n) is 17.2. The fourth-order valence-corrected chi connectivity index (χ4v) is 3.71. The van der Waals surface area contributed by atoms with Crippen molar-refractivity contribution >= 4 is 11.6 Å². The van der Waals surface area contributed by atoms with Gasteiger partial charge in [0.25, 0.3) is 0 Å². The van der Waals surface area contributed by atoms with Crippen LogP contribution in [0, 0.1) is 5.92 Å². The number of nitrogens with zero attached hydrogens (tertiary/aromatic N) is 4. The van der Waals surface area contributed by atoms with Gasteiger partial charge in [-0.05, 0) is 56.4 Å². The third-order valence-corrected chi connectivity index (χ3v) is 5.41. The smallest absolute Gasteiger partial charge is 0.193 e. The molecular weight excluding hydrogens is 350 g/mol. The molecule has 1 fully saturated rings. The SMILES string of the molecule is CCNC(=NCCc1ccco1)N(C)CCC1CCN(c2ccncc2)CC1. The quantitative estimate of drug-likeness (QED) is 0.559. The van der Waals surface area contributed by atoms with Gasteiger partial charge in [-0.2, -0.15) is 0 Å². The summed E-state index contributed by atoms with van der Waals surface area (Å²) in [7, 11) is 2.14. The van der Waals surface area contributed by atoms with Crippen LogP contribution >= 0.6 is 0 Å². The molecule has 0 radical (unpaired) electrons. The summed E-state index contributed by atoms with van der Waals surface area (Å²) >= 11 is 0. The van der Waals surface area contributed by atoms with Crippen LogP contribution in [-0.2, 0) is 6.42 Å². The van der Waals surface area contributed by atoms with Crippen LogP contribution in [0.25, 0.3) is 0 Å². The van der Waals surface area contributed by atoms with E-state index in [2.05, 4.69) is 46.2 Å². The number of furan rings is 1. The Balaban J connectivity index is 1.42. The second-order valence-corrected chi connectivity index (χ2v) is 7.41. The standard InChI is InChI=1S/C22H33N5O/c1-3-24-22(25-14-8-21-5-4-18-28-21)26(2)15-9-19-10-16-27(17-11-19)20-6-12-23-13-7-20/h4-7,12-13,18-19H,3,8-11,14-17H2,1-2H3,(H,24,25). The molecule has 0 unspecified atom stereocenters. The number of pyridine rings is 1. The molecule has 0 saturated carbocycles. The van der Waals surface area contributed by atoms with E-state index in [0.717, 1.165) is 56.8 Å². The van der Waals surface area contributed by atoms with E-state index in [1.54, 1.807) is 6.26 Å². The lowest BCUT2D eigenvalue weighted by atomic mass is 9.93. The van der Waals surface area contributed by atoms with Crippen molar-refractivity contribution in [3.8, 4) is 0 Å². The Morgan fingerprint density at radius 3 is 2.75 bits per heavy atom. The van der Waals surface area contributed by atoms with Gasteiger partial charge < -0.3 is 19.5 Å². The topological polar surface area (TPSA) is 56.9 Å². The van der Waals surface area contributed by atoms with Crippen molar-refractivity contribution in [2.75, 3.05) is 44.7 Å². The minimum Gasteiger partial charge on any atom is -0.469 e. The fourth-order valence-electron chi connectivity index (χ4n) is 3.71. The van der Waals surface area contributed by atoms with Gasteiger partial charge in [-0.15, -0.1) is 0 Å². The molecule has 2 aromatic rings. The molecule has 1 aliphatic heterocycles. The maximum atomic E-state index is 5.39. The summed E-state index contributed by atoms with van der Waals surface area (Å²) < 4.78 is 5.39. The Kier molecular flexibility index (Phi) is 7.76. The summed E-state index contributed by atoms with van der Waals surface area (Å²) in [4.78, 5) is 13.6. The highest BCUT2D eigenvalue weighted by molar-refractivity contribution is 5.79. The van der Waals surface area contributed by atoms with Crippen molar-refractivity contribution in [3.05, 3.63) is 48.7 Å². The van der Waals surface area contributed by atoms with Gasteiger partial charge in [-0.1, -0.05) is 0 Å². The number of hydrogen-bond acceptors (Lipinski definition) is 4. The minimum absolute atomic E-state index is 0.741. The maximum absolute atomic E-state index is 5.39. The number of piperidine rings is 1. The van der Waals surface area contributed by atoms with E-state index in [1.165, 1.54) is 24.9 Å². The summed E-state index contributed by atoms with van der Waals surface area (Å²) in [6.07, 6.45) is 10.0. The summed E-state index contributed by atoms with van der Waals surface area (Å²) in [6, 6.07) is 8.15. The Labute approximate surface area is 168 Å². The van der Waals surface area contributed by atoms with E-state index in [9.17, 15) is 0 Å². The summed E-state index contributed by atoms with van der Waals surface area (Å²) in [5, 5.41) is 3.41. The lowest BCUT2D eigenvalue weighted by Gasteiger charge is -2.34. The number of hydrogen-bond donors (Lipinski definition) is 1. The van der Waals surface area contributed by atoms with Crippen molar-refractivity contribution in [1.29, 1.82) is 0 Å². The van der Waals surface area contributed by atoms with Crippen molar-refractivity contribution in [3.63, 3.8) is 0 Å². The van der Waals surface area contributed by atoms with Crippen LogP contribution in [0.1, 0.15) is 31.9 Å². The van der Waals surface area contributed by atoms with E-state index in [4.69, 9.17) is 9.41 Å². The molecule has 6 nitrogen and oxygen atoms in total. The molecule has 0 aromatic carbocycles. The molecule has 1 aliphatic rings. The highest BCUT2D eigenvalue weighted by atomic mass is 16.3. The van der Waals surface area contributed by atoms with Crippen LogP contribution < -0.4 is 10.2 Å². The number of aliphatic imine (C=N–C) groups is 1. The third kappa shape index (κ3) is 6.01. The molecule has 0 amide bonds. The van der Waals surface area contributed by atoms with E-state index in [1.807, 2.05) is 24.5 Å². The maximum Gasteiger partial charge on any atom is 0.193 e. The zero-order chi connectivity index (χ0) is 19.6. The number of guanidine groups is 1. The molecule has 0 bridgehead atoms. The Hall–Kier alpha value is -2.50. The molecular formula is C22H33N5O. The molecule has 1 N–H and O–H groups in total. The third-order valence-electron chi connectivity index (χ3n) is 5.41. The van der Waals surface area contributed by atoms with Crippen molar-refractivity contribution < 1.29 is 4.42 Å². The van der Waals surface area contributed by atoms with Crippen LogP contribution in [0.4, 0.5) is 5.69 Å². The summed E-state index contributed by atoms with van der Waals surface area (Å²) in [5.41, 5.74) is 1.30. The number of rotatable bonds is 8. The highest BCUT2D eigenvalue weighted by Gasteiger charge is 2.20. The molecule has 0 atom stereocenters. The number of nitrogens with one attached hydrogen (secondary N) is 1. The second-order valence-electron chi connectivity index (χ2n) is 7.41. The Bertz CT molecular complexity index is 693. The molecule has 6 heteroatoms. The predicted molar refractivity (Wildman–Crippen MR) is 115 cm³/mol. The van der Waals surface area contributed by atoms with E-state index >= 15 is 0 Å².